The molecule has 2 atom stereocenters. The Morgan fingerprint density at radius 2 is 1.82 bits per heavy atom. The molecule has 0 spiro atoms. The van der Waals surface area contributed by atoms with Crippen LogP contribution in [0.1, 0.15) is 40.7 Å². The highest BCUT2D eigenvalue weighted by Crippen LogP contribution is 2.30. The monoisotopic (exact) mass is 320 g/mol. The van der Waals surface area contributed by atoms with Crippen LogP contribution in [0.25, 0.3) is 0 Å². The molecule has 1 aromatic carbocycles. The van der Waals surface area contributed by atoms with Gasteiger partial charge in [0.1, 0.15) is 0 Å². The average molecular weight is 321 g/mol. The van der Waals surface area contributed by atoms with Gasteiger partial charge in [0.15, 0.2) is 0 Å². The van der Waals surface area contributed by atoms with Gasteiger partial charge in [-0.2, -0.15) is 0 Å². The Kier molecular flexibility index (Phi) is 4.74. The van der Waals surface area contributed by atoms with Crippen molar-refractivity contribution in [2.45, 2.75) is 32.1 Å². The van der Waals surface area contributed by atoms with Crippen LogP contribution in [0.2, 0.25) is 0 Å². The van der Waals surface area contributed by atoms with Crippen molar-refractivity contribution in [2.75, 3.05) is 26.2 Å². The van der Waals surface area contributed by atoms with Crippen LogP contribution in [0.3, 0.4) is 0 Å². The summed E-state index contributed by atoms with van der Waals surface area (Å²) in [6.07, 6.45) is 5.76. The Morgan fingerprint density at radius 1 is 1.09 bits per heavy atom. The van der Waals surface area contributed by atoms with E-state index >= 15 is 0 Å². The Labute approximate surface area is 138 Å². The standard InChI is InChI=1S/C18H24N2O.ClH/c21-18(17-6-2-4-13-3-1-5-16(13)17)20-9-7-14-11-19-12-15(14)8-10-20;/h2,4,6,14-15,19H,1,3,5,7-12H2;1H/t14-,15+;. The molecule has 120 valence electrons. The zero-order valence-electron chi connectivity index (χ0n) is 13.0. The number of benzene rings is 1. The van der Waals surface area contributed by atoms with Gasteiger partial charge in [0.2, 0.25) is 0 Å². The molecule has 0 bridgehead atoms. The average Bonchev–Trinajstić information content (AvgIpc) is 3.11. The molecule has 22 heavy (non-hydrogen) atoms. The van der Waals surface area contributed by atoms with Crippen LogP contribution in [-0.2, 0) is 12.8 Å². The summed E-state index contributed by atoms with van der Waals surface area (Å²) >= 11 is 0. The van der Waals surface area contributed by atoms with E-state index in [-0.39, 0.29) is 18.3 Å². The molecule has 4 rings (SSSR count). The fourth-order valence-corrected chi connectivity index (χ4v) is 4.41. The summed E-state index contributed by atoms with van der Waals surface area (Å²) in [5.41, 5.74) is 3.71. The van der Waals surface area contributed by atoms with E-state index in [1.165, 1.54) is 30.4 Å². The number of likely N-dealkylation sites (tertiary alicyclic amines) is 1. The van der Waals surface area contributed by atoms with Crippen LogP contribution in [0.4, 0.5) is 0 Å². The number of hydrogen-bond donors (Lipinski definition) is 1. The highest BCUT2D eigenvalue weighted by Gasteiger charge is 2.32. The lowest BCUT2D eigenvalue weighted by atomic mass is 9.92. The zero-order valence-corrected chi connectivity index (χ0v) is 13.8. The molecule has 0 aromatic heterocycles. The first-order valence-electron chi connectivity index (χ1n) is 8.43. The fraction of sp³-hybridized carbons (Fsp3) is 0.611. The Balaban J connectivity index is 0.00000144. The maximum Gasteiger partial charge on any atom is 0.254 e. The number of nitrogens with zero attached hydrogens (tertiary/aromatic N) is 1. The summed E-state index contributed by atoms with van der Waals surface area (Å²) < 4.78 is 0. The Morgan fingerprint density at radius 3 is 2.55 bits per heavy atom. The molecule has 2 fully saturated rings. The number of carbonyl (C=O) groups is 1. The number of aryl methyl sites for hydroxylation is 1. The number of halogens is 1. The second kappa shape index (κ2) is 6.59. The summed E-state index contributed by atoms with van der Waals surface area (Å²) in [5.74, 6) is 1.84. The minimum absolute atomic E-state index is 0. The third kappa shape index (κ3) is 2.77. The SMILES string of the molecule is Cl.O=C(c1cccc2c1CCC2)N1CC[C@@H]2CNC[C@@H]2CC1. The van der Waals surface area contributed by atoms with Crippen molar-refractivity contribution in [3.8, 4) is 0 Å². The van der Waals surface area contributed by atoms with Crippen molar-refractivity contribution in [2.24, 2.45) is 11.8 Å². The maximum atomic E-state index is 12.9. The van der Waals surface area contributed by atoms with E-state index in [0.717, 1.165) is 56.4 Å². The summed E-state index contributed by atoms with van der Waals surface area (Å²) in [5, 5.41) is 3.50. The van der Waals surface area contributed by atoms with Gasteiger partial charge in [-0.25, -0.2) is 0 Å². The van der Waals surface area contributed by atoms with Crippen LogP contribution in [0.5, 0.6) is 0 Å². The van der Waals surface area contributed by atoms with E-state index in [0.29, 0.717) is 0 Å². The molecule has 1 amide bonds. The van der Waals surface area contributed by atoms with Crippen LogP contribution < -0.4 is 5.32 Å². The quantitative estimate of drug-likeness (QED) is 0.863. The van der Waals surface area contributed by atoms with E-state index in [1.807, 2.05) is 6.07 Å². The summed E-state index contributed by atoms with van der Waals surface area (Å²) in [7, 11) is 0. The highest BCUT2D eigenvalue weighted by molar-refractivity contribution is 5.96. The van der Waals surface area contributed by atoms with Gasteiger partial charge >= 0.3 is 0 Å². The minimum Gasteiger partial charge on any atom is -0.339 e. The molecule has 0 saturated carbocycles. The smallest absolute Gasteiger partial charge is 0.254 e. The van der Waals surface area contributed by atoms with E-state index in [9.17, 15) is 4.79 Å². The number of nitrogens with one attached hydrogen (secondary N) is 1. The van der Waals surface area contributed by atoms with Gasteiger partial charge in [-0.05, 0) is 74.2 Å². The highest BCUT2D eigenvalue weighted by atomic mass is 35.5. The number of fused-ring (bicyclic) bond motifs is 2. The van der Waals surface area contributed by atoms with E-state index in [1.54, 1.807) is 0 Å². The van der Waals surface area contributed by atoms with Gasteiger partial charge < -0.3 is 10.2 Å². The lowest BCUT2D eigenvalue weighted by Gasteiger charge is -2.22. The summed E-state index contributed by atoms with van der Waals surface area (Å²) in [6, 6.07) is 6.30. The first-order valence-corrected chi connectivity index (χ1v) is 8.43. The number of hydrogen-bond acceptors (Lipinski definition) is 2. The lowest BCUT2D eigenvalue weighted by molar-refractivity contribution is 0.0757. The predicted octanol–water partition coefficient (Wildman–Crippen LogP) is 2.67. The molecule has 1 aromatic rings. The Hall–Kier alpha value is -1.06. The largest absolute Gasteiger partial charge is 0.339 e. The number of amides is 1. The van der Waals surface area contributed by atoms with Crippen molar-refractivity contribution >= 4 is 18.3 Å². The predicted molar refractivity (Wildman–Crippen MR) is 90.7 cm³/mol. The summed E-state index contributed by atoms with van der Waals surface area (Å²) in [6.45, 7) is 4.16. The van der Waals surface area contributed by atoms with Gasteiger partial charge in [-0.15, -0.1) is 12.4 Å². The molecule has 4 heteroatoms. The molecular formula is C18H25ClN2O. The molecule has 0 radical (unpaired) electrons. The molecule has 3 nitrogen and oxygen atoms in total. The van der Waals surface area contributed by atoms with Gasteiger partial charge in [0.05, 0.1) is 0 Å². The van der Waals surface area contributed by atoms with E-state index in [4.69, 9.17) is 0 Å². The van der Waals surface area contributed by atoms with Crippen LogP contribution in [0, 0.1) is 11.8 Å². The third-order valence-electron chi connectivity index (χ3n) is 5.68. The molecule has 2 saturated heterocycles. The molecule has 1 aliphatic carbocycles. The molecule has 0 unspecified atom stereocenters. The zero-order chi connectivity index (χ0) is 14.2. The van der Waals surface area contributed by atoms with E-state index < -0.39 is 0 Å². The van der Waals surface area contributed by atoms with Crippen molar-refractivity contribution in [1.82, 2.24) is 10.2 Å². The second-order valence-corrected chi connectivity index (χ2v) is 6.84. The van der Waals surface area contributed by atoms with Crippen LogP contribution in [0.15, 0.2) is 18.2 Å². The van der Waals surface area contributed by atoms with Gasteiger partial charge in [0, 0.05) is 18.7 Å². The molecular weight excluding hydrogens is 296 g/mol. The van der Waals surface area contributed by atoms with Gasteiger partial charge in [-0.3, -0.25) is 4.79 Å². The number of carbonyl (C=O) groups excluding carboxylic acids is 1. The first-order chi connectivity index (χ1) is 10.3. The lowest BCUT2D eigenvalue weighted by Crippen LogP contribution is -2.33. The second-order valence-electron chi connectivity index (χ2n) is 6.84. The Bertz CT molecular complexity index is 546. The molecule has 2 aliphatic heterocycles. The van der Waals surface area contributed by atoms with Crippen molar-refractivity contribution in [3.05, 3.63) is 34.9 Å². The fourth-order valence-electron chi connectivity index (χ4n) is 4.41. The topological polar surface area (TPSA) is 32.3 Å². The van der Waals surface area contributed by atoms with Crippen molar-refractivity contribution in [1.29, 1.82) is 0 Å². The van der Waals surface area contributed by atoms with Gasteiger partial charge in [0.25, 0.3) is 5.91 Å². The van der Waals surface area contributed by atoms with Crippen molar-refractivity contribution in [3.63, 3.8) is 0 Å². The normalized spacial score (nSPS) is 26.8. The number of rotatable bonds is 1. The minimum atomic E-state index is 0. The van der Waals surface area contributed by atoms with Crippen molar-refractivity contribution < 1.29 is 4.79 Å². The van der Waals surface area contributed by atoms with Gasteiger partial charge in [-0.1, -0.05) is 12.1 Å². The summed E-state index contributed by atoms with van der Waals surface area (Å²) in [4.78, 5) is 15.1. The molecule has 1 N–H and O–H groups in total. The first kappa shape index (κ1) is 15.8. The van der Waals surface area contributed by atoms with Crippen LogP contribution >= 0.6 is 12.4 Å². The third-order valence-corrected chi connectivity index (χ3v) is 5.68. The van der Waals surface area contributed by atoms with Crippen LogP contribution in [-0.4, -0.2) is 37.0 Å². The maximum absolute atomic E-state index is 12.9. The van der Waals surface area contributed by atoms with E-state index in [2.05, 4.69) is 22.3 Å². The molecule has 2 heterocycles. The molecule has 3 aliphatic rings.